The number of hydrogen-bond acceptors (Lipinski definition) is 8. The quantitative estimate of drug-likeness (QED) is 0.613. The van der Waals surface area contributed by atoms with Gasteiger partial charge in [-0.2, -0.15) is 4.98 Å². The summed E-state index contributed by atoms with van der Waals surface area (Å²) in [6.45, 7) is 7.53. The fraction of sp³-hybridized carbons (Fsp3) is 0.654. The third-order valence-electron chi connectivity index (χ3n) is 7.69. The van der Waals surface area contributed by atoms with Crippen molar-refractivity contribution in [2.45, 2.75) is 32.1 Å². The molecule has 0 spiro atoms. The lowest BCUT2D eigenvalue weighted by Gasteiger charge is -2.30. The molecule has 9 nitrogen and oxygen atoms in total. The van der Waals surface area contributed by atoms with Crippen LogP contribution >= 0.6 is 0 Å². The number of anilines is 1. The second kappa shape index (κ2) is 11.4. The molecule has 3 aliphatic heterocycles. The molecule has 1 aromatic carbocycles. The minimum atomic E-state index is 0.0509. The van der Waals surface area contributed by atoms with E-state index >= 15 is 0 Å². The molecule has 1 N–H and O–H groups in total. The number of nitrogens with zero attached hydrogens (tertiary/aromatic N) is 4. The van der Waals surface area contributed by atoms with E-state index in [9.17, 15) is 4.79 Å². The lowest BCUT2D eigenvalue weighted by Crippen LogP contribution is -2.42. The average molecular weight is 484 g/mol. The van der Waals surface area contributed by atoms with Gasteiger partial charge < -0.3 is 29.1 Å². The summed E-state index contributed by atoms with van der Waals surface area (Å²) in [5.41, 5.74) is 0.883. The number of methoxy groups -OCH3 is 1. The van der Waals surface area contributed by atoms with Crippen LogP contribution in [0.3, 0.4) is 0 Å². The zero-order valence-electron chi connectivity index (χ0n) is 20.7. The second-order valence-electron chi connectivity index (χ2n) is 10.1. The van der Waals surface area contributed by atoms with Crippen LogP contribution in [-0.2, 0) is 9.53 Å². The summed E-state index contributed by atoms with van der Waals surface area (Å²) in [6.07, 6.45) is 5.14. The van der Waals surface area contributed by atoms with Gasteiger partial charge >= 0.3 is 6.01 Å². The molecule has 9 heteroatoms. The van der Waals surface area contributed by atoms with Crippen molar-refractivity contribution in [2.24, 2.45) is 17.8 Å². The first-order valence-corrected chi connectivity index (χ1v) is 13.0. The number of ether oxygens (including phenoxy) is 2. The van der Waals surface area contributed by atoms with Crippen LogP contribution in [0, 0.1) is 17.8 Å². The molecule has 0 aliphatic carbocycles. The van der Waals surface area contributed by atoms with Crippen molar-refractivity contribution in [3.63, 3.8) is 0 Å². The molecule has 3 aliphatic rings. The van der Waals surface area contributed by atoms with Crippen molar-refractivity contribution in [3.05, 3.63) is 24.3 Å². The molecule has 1 aromatic heterocycles. The fourth-order valence-corrected chi connectivity index (χ4v) is 5.46. The summed E-state index contributed by atoms with van der Waals surface area (Å²) in [5.74, 6) is 2.93. The Kier molecular flexibility index (Phi) is 7.83. The van der Waals surface area contributed by atoms with E-state index in [2.05, 4.69) is 25.3 Å². The molecule has 190 valence electrons. The van der Waals surface area contributed by atoms with Crippen molar-refractivity contribution < 1.29 is 18.8 Å². The van der Waals surface area contributed by atoms with E-state index in [1.807, 2.05) is 24.3 Å². The third kappa shape index (κ3) is 6.13. The number of likely N-dealkylation sites (tertiary alicyclic amines) is 1. The van der Waals surface area contributed by atoms with Gasteiger partial charge in [0.15, 0.2) is 0 Å². The largest absolute Gasteiger partial charge is 0.497 e. The van der Waals surface area contributed by atoms with Crippen LogP contribution in [0.5, 0.6) is 5.75 Å². The highest BCUT2D eigenvalue weighted by atomic mass is 16.5. The van der Waals surface area contributed by atoms with Crippen molar-refractivity contribution in [1.82, 2.24) is 20.4 Å². The Balaban J connectivity index is 1.03. The molecule has 5 rings (SSSR count). The van der Waals surface area contributed by atoms with Crippen molar-refractivity contribution in [2.75, 3.05) is 64.5 Å². The second-order valence-corrected chi connectivity index (χ2v) is 10.1. The summed E-state index contributed by atoms with van der Waals surface area (Å²) in [5, 5.41) is 7.37. The van der Waals surface area contributed by atoms with Crippen LogP contribution in [-0.4, -0.2) is 80.5 Å². The average Bonchev–Trinajstić information content (AvgIpc) is 3.58. The topological polar surface area (TPSA) is 93.0 Å². The molecule has 1 atom stereocenters. The number of aromatic nitrogens is 2. The van der Waals surface area contributed by atoms with Crippen LogP contribution < -0.4 is 15.0 Å². The lowest BCUT2D eigenvalue weighted by atomic mass is 9.96. The SMILES string of the molecule is COc1ccc(-c2noc(N3CCC(C(=O)NCC4CCN(CC5CCOCC5)C4)CC3)n2)cc1. The Hall–Kier alpha value is -2.65. The first-order valence-electron chi connectivity index (χ1n) is 13.0. The van der Waals surface area contributed by atoms with Crippen LogP contribution in [0.2, 0.25) is 0 Å². The molecule has 2 aromatic rings. The van der Waals surface area contributed by atoms with Crippen LogP contribution in [0.25, 0.3) is 11.4 Å². The van der Waals surface area contributed by atoms with Gasteiger partial charge in [-0.15, -0.1) is 0 Å². The summed E-state index contributed by atoms with van der Waals surface area (Å²) in [6, 6.07) is 8.11. The maximum absolute atomic E-state index is 12.8. The summed E-state index contributed by atoms with van der Waals surface area (Å²) < 4.78 is 16.2. The van der Waals surface area contributed by atoms with E-state index in [0.717, 1.165) is 76.0 Å². The van der Waals surface area contributed by atoms with E-state index in [1.165, 1.54) is 25.8 Å². The lowest BCUT2D eigenvalue weighted by molar-refractivity contribution is -0.125. The molecular weight excluding hydrogens is 446 g/mol. The van der Waals surface area contributed by atoms with E-state index in [-0.39, 0.29) is 11.8 Å². The smallest absolute Gasteiger partial charge is 0.324 e. The van der Waals surface area contributed by atoms with Gasteiger partial charge in [-0.3, -0.25) is 4.79 Å². The molecule has 0 saturated carbocycles. The first kappa shape index (κ1) is 24.1. The standard InChI is InChI=1S/C26H37N5O4/c1-33-23-4-2-21(3-5-23)24-28-26(35-29-24)31-12-7-22(8-13-31)25(32)27-16-20-6-11-30(18-20)17-19-9-14-34-15-10-19/h2-5,19-20,22H,6-18H2,1H3,(H,27,32). The molecule has 1 amide bonds. The van der Waals surface area contributed by atoms with Crippen LogP contribution in [0.15, 0.2) is 28.8 Å². The number of rotatable bonds is 8. The highest BCUT2D eigenvalue weighted by molar-refractivity contribution is 5.79. The van der Waals surface area contributed by atoms with Crippen LogP contribution in [0.4, 0.5) is 6.01 Å². The molecule has 1 unspecified atom stereocenters. The van der Waals surface area contributed by atoms with Gasteiger partial charge in [-0.25, -0.2) is 0 Å². The van der Waals surface area contributed by atoms with Gasteiger partial charge in [0.2, 0.25) is 11.7 Å². The van der Waals surface area contributed by atoms with Gasteiger partial charge in [-0.1, -0.05) is 5.16 Å². The molecule has 3 fully saturated rings. The fourth-order valence-electron chi connectivity index (χ4n) is 5.46. The molecule has 35 heavy (non-hydrogen) atoms. The minimum Gasteiger partial charge on any atom is -0.497 e. The van der Waals surface area contributed by atoms with Gasteiger partial charge in [0.1, 0.15) is 5.75 Å². The Bertz CT molecular complexity index is 951. The van der Waals surface area contributed by atoms with E-state index in [0.29, 0.717) is 17.8 Å². The zero-order chi connectivity index (χ0) is 24.0. The first-order chi connectivity index (χ1) is 17.2. The maximum Gasteiger partial charge on any atom is 0.324 e. The zero-order valence-corrected chi connectivity index (χ0v) is 20.7. The molecule has 0 radical (unpaired) electrons. The number of amides is 1. The maximum atomic E-state index is 12.8. The Morgan fingerprint density at radius 2 is 1.83 bits per heavy atom. The monoisotopic (exact) mass is 483 g/mol. The molecular formula is C26H37N5O4. The van der Waals surface area contributed by atoms with Gasteiger partial charge in [-0.05, 0) is 74.8 Å². The van der Waals surface area contributed by atoms with Crippen LogP contribution in [0.1, 0.15) is 32.1 Å². The summed E-state index contributed by atoms with van der Waals surface area (Å²) in [4.78, 5) is 22.0. The predicted octanol–water partition coefficient (Wildman–Crippen LogP) is 2.83. The van der Waals surface area contributed by atoms with E-state index in [1.54, 1.807) is 7.11 Å². The van der Waals surface area contributed by atoms with Gasteiger partial charge in [0.25, 0.3) is 0 Å². The summed E-state index contributed by atoms with van der Waals surface area (Å²) >= 11 is 0. The summed E-state index contributed by atoms with van der Waals surface area (Å²) in [7, 11) is 1.64. The molecule has 3 saturated heterocycles. The number of nitrogens with one attached hydrogen (secondary N) is 1. The number of carbonyl (C=O) groups is 1. The van der Waals surface area contributed by atoms with E-state index < -0.39 is 0 Å². The Morgan fingerprint density at radius 3 is 2.57 bits per heavy atom. The number of piperidine rings is 1. The van der Waals surface area contributed by atoms with Gasteiger partial charge in [0.05, 0.1) is 7.11 Å². The number of hydrogen-bond donors (Lipinski definition) is 1. The highest BCUT2D eigenvalue weighted by Crippen LogP contribution is 2.26. The Morgan fingerprint density at radius 1 is 1.06 bits per heavy atom. The van der Waals surface area contributed by atoms with E-state index in [4.69, 9.17) is 14.0 Å². The minimum absolute atomic E-state index is 0.0509. The van der Waals surface area contributed by atoms with Crippen molar-refractivity contribution >= 4 is 11.9 Å². The highest BCUT2D eigenvalue weighted by Gasteiger charge is 2.30. The third-order valence-corrected chi connectivity index (χ3v) is 7.69. The predicted molar refractivity (Wildman–Crippen MR) is 132 cm³/mol. The van der Waals surface area contributed by atoms with Crippen molar-refractivity contribution in [1.29, 1.82) is 0 Å². The number of benzene rings is 1. The van der Waals surface area contributed by atoms with Crippen molar-refractivity contribution in [3.8, 4) is 17.1 Å². The Labute approximate surface area is 207 Å². The number of carbonyl (C=O) groups excluding carboxylic acids is 1. The molecule has 0 bridgehead atoms. The van der Waals surface area contributed by atoms with Gasteiger partial charge in [0, 0.05) is 57.4 Å². The normalized spacial score (nSPS) is 22.4. The molecule has 4 heterocycles.